The topological polar surface area (TPSA) is 103 Å². The maximum Gasteiger partial charge on any atom is 0.511 e. The number of piperidine rings is 1. The first-order chi connectivity index (χ1) is 14.1. The van der Waals surface area contributed by atoms with E-state index >= 15 is 0 Å². The van der Waals surface area contributed by atoms with Crippen LogP contribution >= 0.6 is 0 Å². The van der Waals surface area contributed by atoms with E-state index < -0.39 is 15.5 Å². The van der Waals surface area contributed by atoms with Crippen LogP contribution < -0.4 is 16.0 Å². The van der Waals surface area contributed by atoms with Crippen LogP contribution in [-0.4, -0.2) is 62.8 Å². The molecule has 1 heterocycles. The molecule has 1 aromatic carbocycles. The fourth-order valence-electron chi connectivity index (χ4n) is 2.96. The number of nitrogens with zero attached hydrogens (tertiary/aromatic N) is 2. The van der Waals surface area contributed by atoms with Crippen molar-refractivity contribution in [3.05, 3.63) is 30.3 Å². The number of halogens is 3. The van der Waals surface area contributed by atoms with Gasteiger partial charge in [-0.05, 0) is 37.8 Å². The van der Waals surface area contributed by atoms with Crippen LogP contribution in [-0.2, 0) is 14.8 Å². The summed E-state index contributed by atoms with van der Waals surface area (Å²) in [6.07, 6.45) is 0.604. The summed E-state index contributed by atoms with van der Waals surface area (Å²) in [4.78, 5) is 16.2. The SMILES string of the molecule is CCNC(=NCC(=O)Nc1ccccc1)NCC1CCN(S(=O)(=O)C(F)(F)F)CC1. The van der Waals surface area contributed by atoms with Crippen LogP contribution in [0, 0.1) is 5.92 Å². The molecule has 1 saturated heterocycles. The highest BCUT2D eigenvalue weighted by Gasteiger charge is 2.50. The molecule has 0 radical (unpaired) electrons. The third-order valence-corrected chi connectivity index (χ3v) is 6.18. The molecule has 0 spiro atoms. The molecule has 12 heteroatoms. The standard InChI is InChI=1S/C18H26F3N5O3S/c1-2-22-17(24-13-16(27)25-15-6-4-3-5-7-15)23-12-14-8-10-26(11-9-14)30(28,29)18(19,20)21/h3-7,14H,2,8-13H2,1H3,(H,25,27)(H2,22,23,24). The summed E-state index contributed by atoms with van der Waals surface area (Å²) in [7, 11) is -5.27. The van der Waals surface area contributed by atoms with Crippen molar-refractivity contribution in [2.45, 2.75) is 25.3 Å². The zero-order valence-electron chi connectivity index (χ0n) is 16.6. The van der Waals surface area contributed by atoms with Gasteiger partial charge in [0.15, 0.2) is 5.96 Å². The molecule has 168 valence electrons. The zero-order valence-corrected chi connectivity index (χ0v) is 17.4. The van der Waals surface area contributed by atoms with Crippen LogP contribution in [0.15, 0.2) is 35.3 Å². The Morgan fingerprint density at radius 1 is 1.17 bits per heavy atom. The van der Waals surface area contributed by atoms with E-state index in [1.54, 1.807) is 24.3 Å². The fraction of sp³-hybridized carbons (Fsp3) is 0.556. The van der Waals surface area contributed by atoms with E-state index in [9.17, 15) is 26.4 Å². The van der Waals surface area contributed by atoms with Gasteiger partial charge in [-0.25, -0.2) is 13.4 Å². The van der Waals surface area contributed by atoms with Crippen molar-refractivity contribution in [1.29, 1.82) is 0 Å². The maximum atomic E-state index is 12.6. The number of benzene rings is 1. The third kappa shape index (κ3) is 6.87. The van der Waals surface area contributed by atoms with E-state index in [0.29, 0.717) is 41.9 Å². The minimum Gasteiger partial charge on any atom is -0.357 e. The molecule has 1 amide bonds. The van der Waals surface area contributed by atoms with Crippen molar-refractivity contribution in [2.75, 3.05) is 38.0 Å². The smallest absolute Gasteiger partial charge is 0.357 e. The third-order valence-electron chi connectivity index (χ3n) is 4.55. The van der Waals surface area contributed by atoms with Gasteiger partial charge in [0.25, 0.3) is 0 Å². The van der Waals surface area contributed by atoms with Gasteiger partial charge in [-0.3, -0.25) is 4.79 Å². The van der Waals surface area contributed by atoms with Crippen molar-refractivity contribution in [3.8, 4) is 0 Å². The van der Waals surface area contributed by atoms with Gasteiger partial charge in [0, 0.05) is 31.9 Å². The Morgan fingerprint density at radius 2 is 1.80 bits per heavy atom. The second-order valence-corrected chi connectivity index (χ2v) is 8.71. The first-order valence-electron chi connectivity index (χ1n) is 9.57. The number of nitrogens with one attached hydrogen (secondary N) is 3. The molecular formula is C18H26F3N5O3S. The molecule has 3 N–H and O–H groups in total. The van der Waals surface area contributed by atoms with E-state index in [0.717, 1.165) is 0 Å². The second kappa shape index (κ2) is 10.6. The summed E-state index contributed by atoms with van der Waals surface area (Å²) in [5, 5.41) is 8.78. The summed E-state index contributed by atoms with van der Waals surface area (Å²) >= 11 is 0. The van der Waals surface area contributed by atoms with Crippen LogP contribution in [0.1, 0.15) is 19.8 Å². The van der Waals surface area contributed by atoms with E-state index in [-0.39, 0.29) is 31.5 Å². The van der Waals surface area contributed by atoms with Gasteiger partial charge < -0.3 is 16.0 Å². The number of para-hydroxylation sites is 1. The highest BCUT2D eigenvalue weighted by atomic mass is 32.2. The monoisotopic (exact) mass is 449 g/mol. The highest BCUT2D eigenvalue weighted by Crippen LogP contribution is 2.30. The van der Waals surface area contributed by atoms with E-state index in [1.165, 1.54) is 0 Å². The second-order valence-electron chi connectivity index (χ2n) is 6.78. The number of hydrogen-bond donors (Lipinski definition) is 3. The fourth-order valence-corrected chi connectivity index (χ4v) is 3.94. The number of alkyl halides is 3. The number of hydrogen-bond acceptors (Lipinski definition) is 4. The van der Waals surface area contributed by atoms with Gasteiger partial charge in [-0.1, -0.05) is 18.2 Å². The normalized spacial score (nSPS) is 16.9. The molecule has 2 rings (SSSR count). The average Bonchev–Trinajstić information content (AvgIpc) is 2.70. The number of sulfonamides is 1. The van der Waals surface area contributed by atoms with Crippen LogP contribution in [0.25, 0.3) is 0 Å². The van der Waals surface area contributed by atoms with Crippen LogP contribution in [0.3, 0.4) is 0 Å². The Kier molecular flexibility index (Phi) is 8.47. The number of carbonyl (C=O) groups is 1. The molecule has 1 aromatic rings. The molecule has 30 heavy (non-hydrogen) atoms. The molecule has 0 aliphatic carbocycles. The van der Waals surface area contributed by atoms with Gasteiger partial charge >= 0.3 is 15.5 Å². The summed E-state index contributed by atoms with van der Waals surface area (Å²) in [6.45, 7) is 2.37. The Morgan fingerprint density at radius 3 is 2.37 bits per heavy atom. The van der Waals surface area contributed by atoms with Crippen LogP contribution in [0.5, 0.6) is 0 Å². The first kappa shape index (κ1) is 23.9. The number of aliphatic imine (C=N–C) groups is 1. The van der Waals surface area contributed by atoms with Crippen molar-refractivity contribution in [2.24, 2.45) is 10.9 Å². The lowest BCUT2D eigenvalue weighted by molar-refractivity contribution is -0.114. The first-order valence-corrected chi connectivity index (χ1v) is 11.0. The number of guanidine groups is 1. The van der Waals surface area contributed by atoms with Gasteiger partial charge in [-0.15, -0.1) is 0 Å². The molecule has 0 aromatic heterocycles. The largest absolute Gasteiger partial charge is 0.511 e. The number of carbonyl (C=O) groups excluding carboxylic acids is 1. The quantitative estimate of drug-likeness (QED) is 0.435. The van der Waals surface area contributed by atoms with Crippen molar-refractivity contribution in [3.63, 3.8) is 0 Å². The number of anilines is 1. The molecule has 0 atom stereocenters. The summed E-state index contributed by atoms with van der Waals surface area (Å²) < 4.78 is 61.3. The zero-order chi connectivity index (χ0) is 22.2. The molecule has 8 nitrogen and oxygen atoms in total. The molecular weight excluding hydrogens is 423 g/mol. The van der Waals surface area contributed by atoms with Crippen molar-refractivity contribution < 1.29 is 26.4 Å². The highest BCUT2D eigenvalue weighted by molar-refractivity contribution is 7.90. The lowest BCUT2D eigenvalue weighted by Gasteiger charge is -2.31. The van der Waals surface area contributed by atoms with Crippen molar-refractivity contribution >= 4 is 27.6 Å². The van der Waals surface area contributed by atoms with Gasteiger partial charge in [0.05, 0.1) is 0 Å². The maximum absolute atomic E-state index is 12.6. The minimum atomic E-state index is -5.27. The molecule has 0 bridgehead atoms. The van der Waals surface area contributed by atoms with Gasteiger partial charge in [0.1, 0.15) is 6.54 Å². The average molecular weight is 449 g/mol. The molecule has 1 aliphatic rings. The molecule has 1 aliphatic heterocycles. The molecule has 0 unspecified atom stereocenters. The summed E-state index contributed by atoms with van der Waals surface area (Å²) in [5.74, 6) is 0.113. The predicted molar refractivity (Wildman–Crippen MR) is 108 cm³/mol. The Labute approximate surface area is 174 Å². The van der Waals surface area contributed by atoms with Crippen molar-refractivity contribution in [1.82, 2.24) is 14.9 Å². The van der Waals surface area contributed by atoms with Gasteiger partial charge in [-0.2, -0.15) is 17.5 Å². The summed E-state index contributed by atoms with van der Waals surface area (Å²) in [5.41, 5.74) is -4.61. The van der Waals surface area contributed by atoms with E-state index in [1.807, 2.05) is 13.0 Å². The van der Waals surface area contributed by atoms with E-state index in [4.69, 9.17) is 0 Å². The van der Waals surface area contributed by atoms with E-state index in [2.05, 4.69) is 20.9 Å². The minimum absolute atomic E-state index is 0.00770. The van der Waals surface area contributed by atoms with Crippen LogP contribution in [0.4, 0.5) is 18.9 Å². The van der Waals surface area contributed by atoms with Gasteiger partial charge in [0.2, 0.25) is 5.91 Å². The lowest BCUT2D eigenvalue weighted by atomic mass is 9.98. The lowest BCUT2D eigenvalue weighted by Crippen LogP contribution is -2.47. The Bertz CT molecular complexity index is 823. The predicted octanol–water partition coefficient (Wildman–Crippen LogP) is 1.74. The molecule has 1 fully saturated rings. The number of amides is 1. The van der Waals surface area contributed by atoms with Crippen LogP contribution in [0.2, 0.25) is 0 Å². The Balaban J connectivity index is 1.82. The Hall–Kier alpha value is -2.34. The number of rotatable bonds is 7. The molecule has 0 saturated carbocycles. The summed E-state index contributed by atoms with van der Waals surface area (Å²) in [6, 6.07) is 8.96.